The van der Waals surface area contributed by atoms with E-state index in [-0.39, 0.29) is 11.8 Å². The SMILES string of the molecule is C=C(/C=C\C(C)c1ccccc1)C(=O)Nc1ccc2c(c1)N(C)CCC2. The third-order valence-corrected chi connectivity index (χ3v) is 4.90. The van der Waals surface area contributed by atoms with Gasteiger partial charge in [0.05, 0.1) is 0 Å². The Balaban J connectivity index is 1.63. The number of carbonyl (C=O) groups is 1. The number of allylic oxidation sites excluding steroid dienone is 1. The molecule has 1 amide bonds. The number of amides is 1. The van der Waals surface area contributed by atoms with Crippen molar-refractivity contribution < 1.29 is 4.79 Å². The van der Waals surface area contributed by atoms with Gasteiger partial charge in [0.25, 0.3) is 5.91 Å². The molecule has 0 bridgehead atoms. The second-order valence-corrected chi connectivity index (χ2v) is 6.91. The zero-order valence-corrected chi connectivity index (χ0v) is 15.5. The first-order valence-corrected chi connectivity index (χ1v) is 9.12. The Bertz CT molecular complexity index is 823. The van der Waals surface area contributed by atoms with Gasteiger partial charge >= 0.3 is 0 Å². The van der Waals surface area contributed by atoms with Crippen LogP contribution in [0.25, 0.3) is 0 Å². The molecule has 1 N–H and O–H groups in total. The monoisotopic (exact) mass is 346 g/mol. The Labute approximate surface area is 156 Å². The van der Waals surface area contributed by atoms with Crippen molar-refractivity contribution in [3.05, 3.63) is 84.0 Å². The quantitative estimate of drug-likeness (QED) is 0.615. The molecule has 1 aliphatic rings. The van der Waals surface area contributed by atoms with E-state index in [9.17, 15) is 4.79 Å². The largest absolute Gasteiger partial charge is 0.374 e. The van der Waals surface area contributed by atoms with Gasteiger partial charge in [0.15, 0.2) is 0 Å². The van der Waals surface area contributed by atoms with E-state index in [0.29, 0.717) is 5.57 Å². The summed E-state index contributed by atoms with van der Waals surface area (Å²) in [5, 5.41) is 2.96. The van der Waals surface area contributed by atoms with Crippen LogP contribution in [0.5, 0.6) is 0 Å². The molecule has 0 saturated carbocycles. The highest BCUT2D eigenvalue weighted by molar-refractivity contribution is 6.05. The molecular weight excluding hydrogens is 320 g/mol. The number of nitrogens with one attached hydrogen (secondary N) is 1. The van der Waals surface area contributed by atoms with Gasteiger partial charge in [0.1, 0.15) is 0 Å². The van der Waals surface area contributed by atoms with Gasteiger partial charge in [-0.15, -0.1) is 0 Å². The first-order valence-electron chi connectivity index (χ1n) is 9.12. The molecule has 26 heavy (non-hydrogen) atoms. The second kappa shape index (κ2) is 8.05. The van der Waals surface area contributed by atoms with Crippen molar-refractivity contribution in [1.29, 1.82) is 0 Å². The van der Waals surface area contributed by atoms with E-state index < -0.39 is 0 Å². The molecule has 1 atom stereocenters. The van der Waals surface area contributed by atoms with Crippen molar-refractivity contribution in [1.82, 2.24) is 0 Å². The van der Waals surface area contributed by atoms with E-state index in [1.807, 2.05) is 30.3 Å². The Hall–Kier alpha value is -2.81. The molecule has 0 saturated heterocycles. The fourth-order valence-electron chi connectivity index (χ4n) is 3.25. The number of fused-ring (bicyclic) bond motifs is 1. The number of nitrogens with zero attached hydrogens (tertiary/aromatic N) is 1. The Morgan fingerprint density at radius 1 is 1.23 bits per heavy atom. The van der Waals surface area contributed by atoms with Crippen LogP contribution in [0, 0.1) is 0 Å². The van der Waals surface area contributed by atoms with Crippen LogP contribution in [-0.4, -0.2) is 19.5 Å². The molecule has 1 unspecified atom stereocenters. The van der Waals surface area contributed by atoms with Crippen LogP contribution >= 0.6 is 0 Å². The fourth-order valence-corrected chi connectivity index (χ4v) is 3.25. The molecule has 0 aliphatic carbocycles. The maximum Gasteiger partial charge on any atom is 0.255 e. The number of aryl methyl sites for hydroxylation is 1. The van der Waals surface area contributed by atoms with Crippen LogP contribution in [0.2, 0.25) is 0 Å². The van der Waals surface area contributed by atoms with E-state index >= 15 is 0 Å². The van der Waals surface area contributed by atoms with Crippen molar-refractivity contribution in [2.24, 2.45) is 0 Å². The van der Waals surface area contributed by atoms with Crippen molar-refractivity contribution in [3.63, 3.8) is 0 Å². The summed E-state index contributed by atoms with van der Waals surface area (Å²) in [6, 6.07) is 16.3. The summed E-state index contributed by atoms with van der Waals surface area (Å²) in [4.78, 5) is 14.7. The van der Waals surface area contributed by atoms with Crippen LogP contribution in [0.1, 0.15) is 30.4 Å². The van der Waals surface area contributed by atoms with Crippen LogP contribution in [0.4, 0.5) is 11.4 Å². The lowest BCUT2D eigenvalue weighted by Gasteiger charge is -2.28. The average Bonchev–Trinajstić information content (AvgIpc) is 2.67. The summed E-state index contributed by atoms with van der Waals surface area (Å²) in [6.07, 6.45) is 6.09. The molecule has 1 aliphatic heterocycles. The number of hydrogen-bond donors (Lipinski definition) is 1. The van der Waals surface area contributed by atoms with Crippen molar-refractivity contribution in [2.45, 2.75) is 25.7 Å². The lowest BCUT2D eigenvalue weighted by atomic mass is 10.00. The van der Waals surface area contributed by atoms with Crippen LogP contribution in [0.3, 0.4) is 0 Å². The van der Waals surface area contributed by atoms with Crippen LogP contribution < -0.4 is 10.2 Å². The molecule has 0 spiro atoms. The van der Waals surface area contributed by atoms with Crippen LogP contribution in [0.15, 0.2) is 72.8 Å². The lowest BCUT2D eigenvalue weighted by molar-refractivity contribution is -0.112. The van der Waals surface area contributed by atoms with Gasteiger partial charge in [-0.3, -0.25) is 4.79 Å². The first-order chi connectivity index (χ1) is 12.5. The van der Waals surface area contributed by atoms with Gasteiger partial charge in [-0.2, -0.15) is 0 Å². The van der Waals surface area contributed by atoms with Gasteiger partial charge in [0, 0.05) is 30.5 Å². The second-order valence-electron chi connectivity index (χ2n) is 6.91. The highest BCUT2D eigenvalue weighted by Crippen LogP contribution is 2.29. The number of rotatable bonds is 5. The number of anilines is 2. The van der Waals surface area contributed by atoms with E-state index in [1.165, 1.54) is 23.2 Å². The number of benzene rings is 2. The molecular formula is C23H26N2O. The van der Waals surface area contributed by atoms with Gasteiger partial charge in [0.2, 0.25) is 0 Å². The zero-order valence-electron chi connectivity index (χ0n) is 15.5. The number of hydrogen-bond acceptors (Lipinski definition) is 2. The minimum atomic E-state index is -0.167. The topological polar surface area (TPSA) is 32.3 Å². The van der Waals surface area contributed by atoms with Gasteiger partial charge in [-0.05, 0) is 42.0 Å². The van der Waals surface area contributed by atoms with E-state index in [4.69, 9.17) is 0 Å². The summed E-state index contributed by atoms with van der Waals surface area (Å²) < 4.78 is 0. The van der Waals surface area contributed by atoms with E-state index in [2.05, 4.69) is 55.0 Å². The maximum atomic E-state index is 12.4. The highest BCUT2D eigenvalue weighted by atomic mass is 16.1. The third-order valence-electron chi connectivity index (χ3n) is 4.90. The summed E-state index contributed by atoms with van der Waals surface area (Å²) >= 11 is 0. The minimum Gasteiger partial charge on any atom is -0.374 e. The zero-order chi connectivity index (χ0) is 18.5. The Kier molecular flexibility index (Phi) is 5.57. The standard InChI is InChI=1S/C23H26N2O/c1-17(19-8-5-4-6-9-19)11-12-18(2)23(26)24-21-14-13-20-10-7-15-25(3)22(20)16-21/h4-6,8-9,11-14,16-17H,2,7,10,15H2,1,3H3,(H,24,26)/b12-11-. The predicted octanol–water partition coefficient (Wildman–Crippen LogP) is 4.92. The maximum absolute atomic E-state index is 12.4. The molecule has 0 aromatic heterocycles. The molecule has 3 nitrogen and oxygen atoms in total. The van der Waals surface area contributed by atoms with Gasteiger partial charge in [-0.1, -0.05) is 62.1 Å². The molecule has 3 rings (SSSR count). The summed E-state index contributed by atoms with van der Waals surface area (Å²) in [5.41, 5.74) is 5.03. The van der Waals surface area contributed by atoms with Gasteiger partial charge in [-0.25, -0.2) is 0 Å². The summed E-state index contributed by atoms with van der Waals surface area (Å²) in [5.74, 6) is 0.0677. The molecule has 1 heterocycles. The molecule has 0 fully saturated rings. The van der Waals surface area contributed by atoms with Crippen molar-refractivity contribution in [3.8, 4) is 0 Å². The summed E-state index contributed by atoms with van der Waals surface area (Å²) in [6.45, 7) is 7.07. The lowest BCUT2D eigenvalue weighted by Crippen LogP contribution is -2.25. The highest BCUT2D eigenvalue weighted by Gasteiger charge is 2.15. The van der Waals surface area contributed by atoms with Crippen molar-refractivity contribution in [2.75, 3.05) is 23.8 Å². The normalized spacial score (nSPS) is 14.8. The van der Waals surface area contributed by atoms with Gasteiger partial charge < -0.3 is 10.2 Å². The fraction of sp³-hybridized carbons (Fsp3) is 0.261. The Morgan fingerprint density at radius 3 is 2.77 bits per heavy atom. The first kappa shape index (κ1) is 18.0. The number of carbonyl (C=O) groups excluding carboxylic acids is 1. The van der Waals surface area contributed by atoms with Crippen molar-refractivity contribution >= 4 is 17.3 Å². The van der Waals surface area contributed by atoms with E-state index in [1.54, 1.807) is 6.08 Å². The predicted molar refractivity (Wildman–Crippen MR) is 110 cm³/mol. The van der Waals surface area contributed by atoms with E-state index in [0.717, 1.165) is 18.7 Å². The molecule has 3 heteroatoms. The smallest absolute Gasteiger partial charge is 0.255 e. The molecule has 134 valence electrons. The average molecular weight is 346 g/mol. The molecule has 2 aromatic rings. The Morgan fingerprint density at radius 2 is 2.00 bits per heavy atom. The minimum absolute atomic E-state index is 0.167. The molecule has 2 aromatic carbocycles. The summed E-state index contributed by atoms with van der Waals surface area (Å²) in [7, 11) is 2.09. The third kappa shape index (κ3) is 4.23. The van der Waals surface area contributed by atoms with Crippen LogP contribution in [-0.2, 0) is 11.2 Å². The molecule has 0 radical (unpaired) electrons.